The smallest absolute Gasteiger partial charge is 0.215 e. The number of hydrogen-bond acceptors (Lipinski definition) is 5. The Morgan fingerprint density at radius 2 is 2.35 bits per heavy atom. The number of rotatable bonds is 5. The second-order valence-corrected chi connectivity index (χ2v) is 6.04. The van der Waals surface area contributed by atoms with E-state index in [1.165, 1.54) is 6.21 Å². The van der Waals surface area contributed by atoms with E-state index in [4.69, 9.17) is 37.9 Å². The Labute approximate surface area is 143 Å². The van der Waals surface area contributed by atoms with Crippen molar-refractivity contribution in [2.45, 2.75) is 24.9 Å². The van der Waals surface area contributed by atoms with Gasteiger partial charge in [-0.3, -0.25) is 0 Å². The molecule has 1 fully saturated rings. The topological polar surface area (TPSA) is 68.9 Å². The van der Waals surface area contributed by atoms with Gasteiger partial charge in [-0.15, -0.1) is 5.16 Å². The van der Waals surface area contributed by atoms with Crippen molar-refractivity contribution in [3.63, 3.8) is 0 Å². The molecule has 2 atom stereocenters. The highest BCUT2D eigenvalue weighted by atomic mass is 35.5. The van der Waals surface area contributed by atoms with Crippen LogP contribution in [0.25, 0.3) is 0 Å². The first-order chi connectivity index (χ1) is 11.1. The largest absolute Gasteiger partial charge is 0.411 e. The molecule has 0 aliphatic carbocycles. The van der Waals surface area contributed by atoms with Crippen molar-refractivity contribution in [1.82, 2.24) is 9.55 Å². The fourth-order valence-corrected chi connectivity index (χ4v) is 3.13. The van der Waals surface area contributed by atoms with Crippen molar-refractivity contribution in [2.75, 3.05) is 6.61 Å². The molecule has 23 heavy (non-hydrogen) atoms. The molecule has 2 heterocycles. The van der Waals surface area contributed by atoms with E-state index >= 15 is 0 Å². The monoisotopic (exact) mass is 355 g/mol. The van der Waals surface area contributed by atoms with Gasteiger partial charge in [0.15, 0.2) is 0 Å². The SMILES string of the molecule is O/N=C/C[C@H]1CO[C@](Cn2ccnc2)(c2ccc(Cl)cc2Cl)O1. The summed E-state index contributed by atoms with van der Waals surface area (Å²) >= 11 is 12.3. The zero-order valence-electron chi connectivity index (χ0n) is 12.1. The highest BCUT2D eigenvalue weighted by Crippen LogP contribution is 2.40. The molecule has 1 saturated heterocycles. The normalized spacial score (nSPS) is 24.5. The van der Waals surface area contributed by atoms with Gasteiger partial charge in [0.05, 0.1) is 30.6 Å². The summed E-state index contributed by atoms with van der Waals surface area (Å²) in [5.41, 5.74) is 0.695. The fourth-order valence-electron chi connectivity index (χ4n) is 2.57. The van der Waals surface area contributed by atoms with Crippen LogP contribution < -0.4 is 0 Å². The molecule has 122 valence electrons. The van der Waals surface area contributed by atoms with Gasteiger partial charge >= 0.3 is 0 Å². The van der Waals surface area contributed by atoms with Crippen LogP contribution in [0, 0.1) is 0 Å². The number of imidazole rings is 1. The molecule has 0 unspecified atom stereocenters. The van der Waals surface area contributed by atoms with E-state index in [1.54, 1.807) is 30.7 Å². The zero-order valence-corrected chi connectivity index (χ0v) is 13.6. The van der Waals surface area contributed by atoms with Crippen molar-refractivity contribution < 1.29 is 14.7 Å². The molecular formula is C15H15Cl2N3O3. The number of aromatic nitrogens is 2. The molecule has 0 spiro atoms. The number of halogens is 2. The summed E-state index contributed by atoms with van der Waals surface area (Å²) in [6.07, 6.45) is 6.77. The third kappa shape index (κ3) is 3.50. The maximum Gasteiger partial charge on any atom is 0.215 e. The Hall–Kier alpha value is -1.60. The minimum atomic E-state index is -1.05. The predicted octanol–water partition coefficient (Wildman–Crippen LogP) is 3.31. The van der Waals surface area contributed by atoms with Gasteiger partial charge in [0.2, 0.25) is 5.79 Å². The summed E-state index contributed by atoms with van der Waals surface area (Å²) in [4.78, 5) is 4.04. The summed E-state index contributed by atoms with van der Waals surface area (Å²) in [6.45, 7) is 0.751. The minimum Gasteiger partial charge on any atom is -0.411 e. The van der Waals surface area contributed by atoms with Crippen molar-refractivity contribution in [3.05, 3.63) is 52.5 Å². The van der Waals surface area contributed by atoms with Crippen molar-refractivity contribution >= 4 is 29.4 Å². The van der Waals surface area contributed by atoms with E-state index in [0.717, 1.165) is 0 Å². The molecule has 3 rings (SSSR count). The van der Waals surface area contributed by atoms with Gasteiger partial charge in [-0.1, -0.05) is 29.3 Å². The minimum absolute atomic E-state index is 0.235. The Morgan fingerprint density at radius 1 is 1.48 bits per heavy atom. The van der Waals surface area contributed by atoms with Gasteiger partial charge in [-0.25, -0.2) is 4.98 Å². The standard InChI is InChI=1S/C15H15Cl2N3O3/c16-11-1-2-13(14(17)7-11)15(9-20-6-5-18-10-20)22-8-12(23-15)3-4-19-21/h1-2,4-7,10,12,21H,3,8-9H2/b19-4+/t12-,15-/m0/s1. The Kier molecular flexibility index (Phi) is 4.87. The van der Waals surface area contributed by atoms with Gasteiger partial charge in [-0.05, 0) is 12.1 Å². The highest BCUT2D eigenvalue weighted by Gasteiger charge is 2.44. The van der Waals surface area contributed by atoms with E-state index in [1.807, 2.05) is 10.8 Å². The first kappa shape index (κ1) is 16.3. The number of nitrogens with zero attached hydrogens (tertiary/aromatic N) is 3. The lowest BCUT2D eigenvalue weighted by Gasteiger charge is -2.29. The molecule has 6 nitrogen and oxygen atoms in total. The Bertz CT molecular complexity index is 693. The summed E-state index contributed by atoms with van der Waals surface area (Å²) in [7, 11) is 0. The van der Waals surface area contributed by atoms with Gasteiger partial charge < -0.3 is 19.2 Å². The molecule has 1 aliphatic heterocycles. The van der Waals surface area contributed by atoms with Crippen LogP contribution in [0.15, 0.2) is 42.1 Å². The molecule has 1 aliphatic rings. The molecule has 1 aromatic carbocycles. The summed E-state index contributed by atoms with van der Waals surface area (Å²) in [6, 6.07) is 5.20. The Balaban J connectivity index is 1.94. The van der Waals surface area contributed by atoms with Crippen LogP contribution in [-0.2, 0) is 21.8 Å². The van der Waals surface area contributed by atoms with Crippen LogP contribution in [-0.4, -0.2) is 33.7 Å². The first-order valence-corrected chi connectivity index (χ1v) is 7.77. The van der Waals surface area contributed by atoms with Crippen LogP contribution in [0.5, 0.6) is 0 Å². The van der Waals surface area contributed by atoms with Gasteiger partial charge in [-0.2, -0.15) is 0 Å². The molecule has 0 saturated carbocycles. The van der Waals surface area contributed by atoms with Crippen LogP contribution >= 0.6 is 23.2 Å². The number of benzene rings is 1. The third-order valence-electron chi connectivity index (χ3n) is 3.60. The average molecular weight is 356 g/mol. The van der Waals surface area contributed by atoms with Crippen molar-refractivity contribution in [1.29, 1.82) is 0 Å². The Morgan fingerprint density at radius 3 is 3.04 bits per heavy atom. The molecular weight excluding hydrogens is 341 g/mol. The van der Waals surface area contributed by atoms with Crippen LogP contribution in [0.4, 0.5) is 0 Å². The van der Waals surface area contributed by atoms with Gasteiger partial charge in [0, 0.05) is 35.6 Å². The lowest BCUT2D eigenvalue weighted by molar-refractivity contribution is -0.186. The van der Waals surface area contributed by atoms with E-state index in [-0.39, 0.29) is 6.10 Å². The summed E-state index contributed by atoms with van der Waals surface area (Å²) in [5, 5.41) is 12.6. The number of oxime groups is 1. The maximum atomic E-state index is 8.58. The quantitative estimate of drug-likeness (QED) is 0.507. The van der Waals surface area contributed by atoms with Gasteiger partial charge in [0.1, 0.15) is 0 Å². The molecule has 0 radical (unpaired) electrons. The zero-order chi connectivity index (χ0) is 16.3. The van der Waals surface area contributed by atoms with Crippen molar-refractivity contribution in [2.24, 2.45) is 5.16 Å². The molecule has 1 N–H and O–H groups in total. The van der Waals surface area contributed by atoms with Crippen molar-refractivity contribution in [3.8, 4) is 0 Å². The van der Waals surface area contributed by atoms with Crippen LogP contribution in [0.2, 0.25) is 10.0 Å². The van der Waals surface area contributed by atoms with E-state index in [0.29, 0.717) is 35.2 Å². The lowest BCUT2D eigenvalue weighted by Crippen LogP contribution is -2.33. The summed E-state index contributed by atoms with van der Waals surface area (Å²) in [5.74, 6) is -1.05. The van der Waals surface area contributed by atoms with Crippen LogP contribution in [0.3, 0.4) is 0 Å². The van der Waals surface area contributed by atoms with E-state index in [9.17, 15) is 0 Å². The fraction of sp³-hybridized carbons (Fsp3) is 0.333. The predicted molar refractivity (Wildman–Crippen MR) is 86.1 cm³/mol. The van der Waals surface area contributed by atoms with E-state index < -0.39 is 5.79 Å². The average Bonchev–Trinajstić information content (AvgIpc) is 3.16. The first-order valence-electron chi connectivity index (χ1n) is 7.02. The third-order valence-corrected chi connectivity index (χ3v) is 4.15. The second kappa shape index (κ2) is 6.88. The lowest BCUT2D eigenvalue weighted by atomic mass is 10.1. The molecule has 2 aromatic rings. The molecule has 8 heteroatoms. The highest BCUT2D eigenvalue weighted by molar-refractivity contribution is 6.35. The van der Waals surface area contributed by atoms with Crippen LogP contribution in [0.1, 0.15) is 12.0 Å². The summed E-state index contributed by atoms with van der Waals surface area (Å²) < 4.78 is 14.0. The number of ether oxygens (including phenoxy) is 2. The molecule has 0 amide bonds. The maximum absolute atomic E-state index is 8.58. The van der Waals surface area contributed by atoms with E-state index in [2.05, 4.69) is 10.1 Å². The molecule has 0 bridgehead atoms. The second-order valence-electron chi connectivity index (χ2n) is 5.20. The number of hydrogen-bond donors (Lipinski definition) is 1. The molecule has 1 aromatic heterocycles. The van der Waals surface area contributed by atoms with Gasteiger partial charge in [0.25, 0.3) is 0 Å².